The molecule has 1 aliphatic rings. The van der Waals surface area contributed by atoms with E-state index in [1.54, 1.807) is 13.0 Å². The van der Waals surface area contributed by atoms with Crippen molar-refractivity contribution in [1.29, 1.82) is 0 Å². The molecule has 1 heterocycles. The van der Waals surface area contributed by atoms with Gasteiger partial charge in [-0.15, -0.1) is 0 Å². The summed E-state index contributed by atoms with van der Waals surface area (Å²) in [6, 6.07) is 4.36. The lowest BCUT2D eigenvalue weighted by molar-refractivity contribution is -0.261. The highest BCUT2D eigenvalue weighted by Gasteiger charge is 2.58. The summed E-state index contributed by atoms with van der Waals surface area (Å²) in [6.45, 7) is 1.70. The standard InChI is InChI=1S/C12H10ClF3O/c1-8-5-9(7-10(13)6-8)11(12(14,15)16)3-2-4-17-11/h2,4-7H,3H2,1H3. The van der Waals surface area contributed by atoms with E-state index in [1.165, 1.54) is 18.2 Å². The van der Waals surface area contributed by atoms with E-state index in [-0.39, 0.29) is 17.0 Å². The first kappa shape index (κ1) is 12.3. The normalized spacial score (nSPS) is 23.8. The van der Waals surface area contributed by atoms with Gasteiger partial charge in [-0.1, -0.05) is 17.7 Å². The summed E-state index contributed by atoms with van der Waals surface area (Å²) < 4.78 is 44.3. The van der Waals surface area contributed by atoms with Gasteiger partial charge in [0, 0.05) is 17.0 Å². The van der Waals surface area contributed by atoms with Gasteiger partial charge in [0.2, 0.25) is 5.60 Å². The average Bonchev–Trinajstić information content (AvgIpc) is 2.64. The minimum Gasteiger partial charge on any atom is -0.481 e. The van der Waals surface area contributed by atoms with Crippen molar-refractivity contribution < 1.29 is 17.9 Å². The Bertz CT molecular complexity index is 437. The van der Waals surface area contributed by atoms with E-state index in [4.69, 9.17) is 16.3 Å². The van der Waals surface area contributed by atoms with Gasteiger partial charge >= 0.3 is 6.18 Å². The zero-order valence-electron chi connectivity index (χ0n) is 9.01. The molecule has 5 heteroatoms. The van der Waals surface area contributed by atoms with Crippen molar-refractivity contribution in [3.05, 3.63) is 46.7 Å². The summed E-state index contributed by atoms with van der Waals surface area (Å²) in [7, 11) is 0. The van der Waals surface area contributed by atoms with Gasteiger partial charge in [-0.2, -0.15) is 13.2 Å². The Kier molecular flexibility index (Phi) is 2.86. The van der Waals surface area contributed by atoms with Crippen LogP contribution >= 0.6 is 11.6 Å². The molecular formula is C12H10ClF3O. The van der Waals surface area contributed by atoms with Crippen LogP contribution in [0.5, 0.6) is 0 Å². The molecule has 0 amide bonds. The van der Waals surface area contributed by atoms with Crippen molar-refractivity contribution >= 4 is 11.6 Å². The van der Waals surface area contributed by atoms with Gasteiger partial charge in [-0.25, -0.2) is 0 Å². The van der Waals surface area contributed by atoms with E-state index in [9.17, 15) is 13.2 Å². The maximum atomic E-state index is 13.2. The van der Waals surface area contributed by atoms with Crippen molar-refractivity contribution in [2.45, 2.75) is 25.1 Å². The molecule has 0 spiro atoms. The lowest BCUT2D eigenvalue weighted by atomic mass is 9.89. The number of hydrogen-bond acceptors (Lipinski definition) is 1. The smallest absolute Gasteiger partial charge is 0.432 e. The molecule has 0 aliphatic carbocycles. The van der Waals surface area contributed by atoms with Crippen molar-refractivity contribution in [1.82, 2.24) is 0 Å². The molecule has 1 aromatic rings. The van der Waals surface area contributed by atoms with E-state index in [0.717, 1.165) is 6.26 Å². The third-order valence-electron chi connectivity index (χ3n) is 2.74. The predicted molar refractivity (Wildman–Crippen MR) is 58.8 cm³/mol. The quantitative estimate of drug-likeness (QED) is 0.731. The van der Waals surface area contributed by atoms with E-state index in [1.807, 2.05) is 0 Å². The number of alkyl halides is 3. The number of ether oxygens (including phenoxy) is 1. The Labute approximate surface area is 102 Å². The third-order valence-corrected chi connectivity index (χ3v) is 2.96. The molecule has 0 saturated carbocycles. The van der Waals surface area contributed by atoms with Crippen LogP contribution in [-0.2, 0) is 10.3 Å². The number of hydrogen-bond donors (Lipinski definition) is 0. The molecule has 92 valence electrons. The molecule has 2 rings (SSSR count). The molecule has 0 fully saturated rings. The highest BCUT2D eigenvalue weighted by molar-refractivity contribution is 6.30. The molecule has 0 saturated heterocycles. The van der Waals surface area contributed by atoms with Crippen LogP contribution in [-0.4, -0.2) is 6.18 Å². The van der Waals surface area contributed by atoms with E-state index in [2.05, 4.69) is 0 Å². The minimum absolute atomic E-state index is 0.0417. The van der Waals surface area contributed by atoms with Crippen molar-refractivity contribution in [3.8, 4) is 0 Å². The van der Waals surface area contributed by atoms with Gasteiger partial charge in [0.1, 0.15) is 0 Å². The van der Waals surface area contributed by atoms with Gasteiger partial charge in [-0.05, 0) is 30.7 Å². The average molecular weight is 263 g/mol. The van der Waals surface area contributed by atoms with Crippen LogP contribution in [0.25, 0.3) is 0 Å². The monoisotopic (exact) mass is 262 g/mol. The molecule has 1 atom stereocenters. The number of benzene rings is 1. The second kappa shape index (κ2) is 3.95. The molecule has 1 aromatic carbocycles. The first-order valence-corrected chi connectivity index (χ1v) is 5.40. The summed E-state index contributed by atoms with van der Waals surface area (Å²) in [6.07, 6.45) is -2.25. The lowest BCUT2D eigenvalue weighted by Gasteiger charge is -2.31. The predicted octanol–water partition coefficient (Wildman–Crippen LogP) is 4.34. The summed E-state index contributed by atoms with van der Waals surface area (Å²) in [5.41, 5.74) is -1.57. The first-order valence-electron chi connectivity index (χ1n) is 5.02. The largest absolute Gasteiger partial charge is 0.481 e. The Morgan fingerprint density at radius 2 is 2.00 bits per heavy atom. The maximum Gasteiger partial charge on any atom is 0.432 e. The topological polar surface area (TPSA) is 9.23 Å². The van der Waals surface area contributed by atoms with Gasteiger partial charge in [0.25, 0.3) is 0 Å². The molecule has 0 bridgehead atoms. The first-order chi connectivity index (χ1) is 7.85. The molecule has 17 heavy (non-hydrogen) atoms. The number of halogens is 4. The van der Waals surface area contributed by atoms with Gasteiger partial charge in [0.15, 0.2) is 0 Å². The van der Waals surface area contributed by atoms with Gasteiger partial charge in [-0.3, -0.25) is 0 Å². The fraction of sp³-hybridized carbons (Fsp3) is 0.333. The second-order valence-corrected chi connectivity index (χ2v) is 4.47. The highest BCUT2D eigenvalue weighted by atomic mass is 35.5. The van der Waals surface area contributed by atoms with Crippen LogP contribution in [0.3, 0.4) is 0 Å². The molecule has 1 aliphatic heterocycles. The second-order valence-electron chi connectivity index (χ2n) is 4.04. The van der Waals surface area contributed by atoms with Crippen LogP contribution in [0.15, 0.2) is 30.5 Å². The molecular weight excluding hydrogens is 253 g/mol. The molecule has 1 nitrogen and oxygen atoms in total. The maximum absolute atomic E-state index is 13.2. The van der Waals surface area contributed by atoms with Crippen molar-refractivity contribution in [2.75, 3.05) is 0 Å². The van der Waals surface area contributed by atoms with Crippen LogP contribution in [0.1, 0.15) is 17.5 Å². The lowest BCUT2D eigenvalue weighted by Crippen LogP contribution is -2.41. The van der Waals surface area contributed by atoms with Crippen LogP contribution in [0.2, 0.25) is 5.02 Å². The Morgan fingerprint density at radius 1 is 1.29 bits per heavy atom. The number of aryl methyl sites for hydroxylation is 1. The van der Waals surface area contributed by atoms with E-state index < -0.39 is 11.8 Å². The summed E-state index contributed by atoms with van der Waals surface area (Å²) >= 11 is 5.80. The number of rotatable bonds is 1. The van der Waals surface area contributed by atoms with Crippen LogP contribution < -0.4 is 0 Å². The summed E-state index contributed by atoms with van der Waals surface area (Å²) in [5, 5.41) is 0.277. The minimum atomic E-state index is -4.48. The molecule has 0 N–H and O–H groups in total. The van der Waals surface area contributed by atoms with Gasteiger partial charge in [0.05, 0.1) is 6.26 Å². The SMILES string of the molecule is Cc1cc(Cl)cc(C2(C(F)(F)F)CC=CO2)c1. The fourth-order valence-electron chi connectivity index (χ4n) is 1.93. The van der Waals surface area contributed by atoms with Gasteiger partial charge < -0.3 is 4.74 Å². The Morgan fingerprint density at radius 3 is 2.47 bits per heavy atom. The summed E-state index contributed by atoms with van der Waals surface area (Å²) in [4.78, 5) is 0. The van der Waals surface area contributed by atoms with Crippen molar-refractivity contribution in [3.63, 3.8) is 0 Å². The molecule has 0 radical (unpaired) electrons. The Hall–Kier alpha value is -1.16. The van der Waals surface area contributed by atoms with Crippen LogP contribution in [0.4, 0.5) is 13.2 Å². The van der Waals surface area contributed by atoms with E-state index >= 15 is 0 Å². The Balaban J connectivity index is 2.54. The zero-order valence-corrected chi connectivity index (χ0v) is 9.77. The third kappa shape index (κ3) is 2.02. The van der Waals surface area contributed by atoms with E-state index in [0.29, 0.717) is 5.56 Å². The van der Waals surface area contributed by atoms with Crippen molar-refractivity contribution in [2.24, 2.45) is 0 Å². The highest BCUT2D eigenvalue weighted by Crippen LogP contribution is 2.48. The fourth-order valence-corrected chi connectivity index (χ4v) is 2.22. The molecule has 1 unspecified atom stereocenters. The van der Waals surface area contributed by atoms with Crippen LogP contribution in [0, 0.1) is 6.92 Å². The molecule has 0 aromatic heterocycles. The summed E-state index contributed by atoms with van der Waals surface area (Å²) in [5.74, 6) is 0. The zero-order chi connectivity index (χ0) is 12.7.